The Hall–Kier alpha value is -2.36. The number of benzene rings is 1. The summed E-state index contributed by atoms with van der Waals surface area (Å²) in [4.78, 5) is 15.7. The zero-order valence-electron chi connectivity index (χ0n) is 12.1. The summed E-state index contributed by atoms with van der Waals surface area (Å²) in [7, 11) is 0. The average molecular weight is 270 g/mol. The van der Waals surface area contributed by atoms with Crippen molar-refractivity contribution in [2.45, 2.75) is 27.7 Å². The highest BCUT2D eigenvalue weighted by atomic mass is 16.4. The maximum absolute atomic E-state index is 11.4. The van der Waals surface area contributed by atoms with Gasteiger partial charge in [0.15, 0.2) is 0 Å². The van der Waals surface area contributed by atoms with Crippen LogP contribution in [0.15, 0.2) is 24.3 Å². The average Bonchev–Trinajstić information content (AvgIpc) is 2.32. The van der Waals surface area contributed by atoms with Crippen LogP contribution >= 0.6 is 0 Å². The molecule has 0 radical (unpaired) electrons. The first-order chi connectivity index (χ1) is 9.38. The first-order valence-electron chi connectivity index (χ1n) is 6.44. The Morgan fingerprint density at radius 1 is 1.10 bits per heavy atom. The van der Waals surface area contributed by atoms with E-state index >= 15 is 0 Å². The van der Waals surface area contributed by atoms with Gasteiger partial charge in [0.2, 0.25) is 0 Å². The summed E-state index contributed by atoms with van der Waals surface area (Å²) in [5.41, 5.74) is 4.76. The molecule has 20 heavy (non-hydrogen) atoms. The van der Waals surface area contributed by atoms with E-state index in [2.05, 4.69) is 10.3 Å². The van der Waals surface area contributed by atoms with Crippen LogP contribution in [-0.4, -0.2) is 16.1 Å². The number of anilines is 2. The highest BCUT2D eigenvalue weighted by molar-refractivity contribution is 5.95. The van der Waals surface area contributed by atoms with Gasteiger partial charge >= 0.3 is 5.97 Å². The fourth-order valence-corrected chi connectivity index (χ4v) is 2.20. The molecule has 4 nitrogen and oxygen atoms in total. The van der Waals surface area contributed by atoms with Gasteiger partial charge in [0.05, 0.1) is 0 Å². The Balaban J connectivity index is 2.53. The normalized spacial score (nSPS) is 10.4. The molecule has 1 aromatic heterocycles. The molecule has 2 rings (SSSR count). The number of hydrogen-bond acceptors (Lipinski definition) is 3. The number of aromatic carboxylic acids is 1. The van der Waals surface area contributed by atoms with Gasteiger partial charge in [0.1, 0.15) is 11.4 Å². The van der Waals surface area contributed by atoms with Crippen molar-refractivity contribution in [2.24, 2.45) is 0 Å². The molecule has 2 N–H and O–H groups in total. The number of nitrogens with zero attached hydrogens (tertiary/aromatic N) is 1. The monoisotopic (exact) mass is 270 g/mol. The number of nitrogens with one attached hydrogen (secondary N) is 1. The molecule has 0 aliphatic heterocycles. The number of pyridine rings is 1. The second-order valence-electron chi connectivity index (χ2n) is 5.05. The van der Waals surface area contributed by atoms with Crippen LogP contribution in [0.3, 0.4) is 0 Å². The molecule has 4 heteroatoms. The first-order valence-corrected chi connectivity index (χ1v) is 6.44. The van der Waals surface area contributed by atoms with Gasteiger partial charge in [-0.25, -0.2) is 9.78 Å². The van der Waals surface area contributed by atoms with Crippen LogP contribution in [-0.2, 0) is 0 Å². The molecule has 0 aliphatic rings. The summed E-state index contributed by atoms with van der Waals surface area (Å²) >= 11 is 0. The minimum absolute atomic E-state index is 0.219. The number of carbonyl (C=O) groups is 1. The Morgan fingerprint density at radius 3 is 2.45 bits per heavy atom. The number of hydrogen-bond donors (Lipinski definition) is 2. The van der Waals surface area contributed by atoms with Crippen LogP contribution < -0.4 is 5.32 Å². The van der Waals surface area contributed by atoms with E-state index in [4.69, 9.17) is 0 Å². The molecule has 0 atom stereocenters. The molecule has 0 saturated carbocycles. The molecule has 1 heterocycles. The maximum atomic E-state index is 11.4. The molecule has 0 fully saturated rings. The van der Waals surface area contributed by atoms with Crippen LogP contribution in [0.5, 0.6) is 0 Å². The predicted octanol–water partition coefficient (Wildman–Crippen LogP) is 3.76. The highest BCUT2D eigenvalue weighted by Gasteiger charge is 2.16. The van der Waals surface area contributed by atoms with Gasteiger partial charge < -0.3 is 10.4 Å². The smallest absolute Gasteiger partial charge is 0.339 e. The molecular weight excluding hydrogens is 252 g/mol. The zero-order chi connectivity index (χ0) is 14.9. The van der Waals surface area contributed by atoms with Gasteiger partial charge in [-0.2, -0.15) is 0 Å². The van der Waals surface area contributed by atoms with Gasteiger partial charge in [-0.1, -0.05) is 12.1 Å². The quantitative estimate of drug-likeness (QED) is 0.891. The van der Waals surface area contributed by atoms with Gasteiger partial charge in [0.25, 0.3) is 0 Å². The second kappa shape index (κ2) is 5.33. The number of carboxylic acids is 1. The first kappa shape index (κ1) is 14.1. The van der Waals surface area contributed by atoms with E-state index in [9.17, 15) is 9.90 Å². The zero-order valence-corrected chi connectivity index (χ0v) is 12.1. The van der Waals surface area contributed by atoms with Gasteiger partial charge in [-0.05, 0) is 56.5 Å². The van der Waals surface area contributed by atoms with Crippen molar-refractivity contribution in [2.75, 3.05) is 5.32 Å². The van der Waals surface area contributed by atoms with Crippen molar-refractivity contribution in [3.8, 4) is 0 Å². The highest BCUT2D eigenvalue weighted by Crippen LogP contribution is 2.25. The lowest BCUT2D eigenvalue weighted by atomic mass is 10.1. The lowest BCUT2D eigenvalue weighted by Crippen LogP contribution is -2.09. The molecule has 0 aliphatic carbocycles. The fraction of sp³-hybridized carbons (Fsp3) is 0.250. The van der Waals surface area contributed by atoms with E-state index in [1.807, 2.05) is 39.0 Å². The van der Waals surface area contributed by atoms with E-state index in [1.54, 1.807) is 13.0 Å². The molecule has 1 aromatic carbocycles. The molecule has 0 spiro atoms. The van der Waals surface area contributed by atoms with E-state index < -0.39 is 5.97 Å². The van der Waals surface area contributed by atoms with E-state index in [0.29, 0.717) is 11.4 Å². The van der Waals surface area contributed by atoms with Crippen molar-refractivity contribution in [1.82, 2.24) is 4.98 Å². The summed E-state index contributed by atoms with van der Waals surface area (Å²) in [5.74, 6) is -0.577. The van der Waals surface area contributed by atoms with Gasteiger partial charge in [0, 0.05) is 11.4 Å². The number of aryl methyl sites for hydroxylation is 4. The van der Waals surface area contributed by atoms with Crippen LogP contribution in [0.4, 0.5) is 11.5 Å². The maximum Gasteiger partial charge on any atom is 0.339 e. The van der Waals surface area contributed by atoms with Crippen molar-refractivity contribution < 1.29 is 9.90 Å². The lowest BCUT2D eigenvalue weighted by molar-refractivity contribution is 0.0697. The Morgan fingerprint density at radius 2 is 1.80 bits per heavy atom. The van der Waals surface area contributed by atoms with Crippen molar-refractivity contribution >= 4 is 17.5 Å². The largest absolute Gasteiger partial charge is 0.478 e. The minimum atomic E-state index is -0.970. The molecular formula is C16H18N2O2. The predicted molar refractivity (Wildman–Crippen MR) is 79.9 cm³/mol. The number of carboxylic acid groups (broad SMARTS) is 1. The van der Waals surface area contributed by atoms with Crippen LogP contribution in [0.2, 0.25) is 0 Å². The third-order valence-electron chi connectivity index (χ3n) is 3.20. The Labute approximate surface area is 118 Å². The van der Waals surface area contributed by atoms with Crippen molar-refractivity contribution in [3.63, 3.8) is 0 Å². The third kappa shape index (κ3) is 2.79. The van der Waals surface area contributed by atoms with E-state index in [-0.39, 0.29) is 5.56 Å². The third-order valence-corrected chi connectivity index (χ3v) is 3.20. The van der Waals surface area contributed by atoms with E-state index in [1.165, 1.54) is 0 Å². The summed E-state index contributed by atoms with van der Waals surface area (Å²) in [5, 5.41) is 12.5. The van der Waals surface area contributed by atoms with Crippen LogP contribution in [0.1, 0.15) is 32.7 Å². The topological polar surface area (TPSA) is 62.2 Å². The van der Waals surface area contributed by atoms with Crippen LogP contribution in [0.25, 0.3) is 0 Å². The van der Waals surface area contributed by atoms with Gasteiger partial charge in [-0.15, -0.1) is 0 Å². The minimum Gasteiger partial charge on any atom is -0.478 e. The second-order valence-corrected chi connectivity index (χ2v) is 5.05. The number of rotatable bonds is 3. The lowest BCUT2D eigenvalue weighted by Gasteiger charge is -2.14. The van der Waals surface area contributed by atoms with Crippen molar-refractivity contribution in [1.29, 1.82) is 0 Å². The SMILES string of the molecule is Cc1ccc(C)c(Nc2nc(C)cc(C)c2C(=O)O)c1. The standard InChI is InChI=1S/C16H18N2O2/c1-9-5-6-10(2)13(7-9)18-15-14(16(19)20)11(3)8-12(4)17-15/h5-8H,1-4H3,(H,17,18)(H,19,20). The van der Waals surface area contributed by atoms with Crippen molar-refractivity contribution in [3.05, 3.63) is 52.2 Å². The number of aromatic nitrogens is 1. The fourth-order valence-electron chi connectivity index (χ4n) is 2.20. The van der Waals surface area contributed by atoms with Gasteiger partial charge in [-0.3, -0.25) is 0 Å². The molecule has 104 valence electrons. The summed E-state index contributed by atoms with van der Waals surface area (Å²) in [6.45, 7) is 7.61. The molecule has 0 bridgehead atoms. The molecule has 2 aromatic rings. The van der Waals surface area contributed by atoms with E-state index in [0.717, 1.165) is 22.5 Å². The summed E-state index contributed by atoms with van der Waals surface area (Å²) in [6, 6.07) is 7.78. The molecule has 0 saturated heterocycles. The Kier molecular flexibility index (Phi) is 3.74. The summed E-state index contributed by atoms with van der Waals surface area (Å²) < 4.78 is 0. The summed E-state index contributed by atoms with van der Waals surface area (Å²) in [6.07, 6.45) is 0. The molecule has 0 amide bonds. The Bertz CT molecular complexity index is 678. The molecule has 0 unspecified atom stereocenters. The van der Waals surface area contributed by atoms with Crippen LogP contribution in [0, 0.1) is 27.7 Å².